The van der Waals surface area contributed by atoms with Gasteiger partial charge in [-0.25, -0.2) is 0 Å². The van der Waals surface area contributed by atoms with E-state index in [1.54, 1.807) is 18.2 Å². The van der Waals surface area contributed by atoms with Gasteiger partial charge >= 0.3 is 0 Å². The van der Waals surface area contributed by atoms with Gasteiger partial charge in [-0.1, -0.05) is 45.4 Å². The Hall–Kier alpha value is -2.04. The van der Waals surface area contributed by atoms with Crippen LogP contribution >= 0.6 is 0 Å². The fourth-order valence-electron chi connectivity index (χ4n) is 3.33. The first-order chi connectivity index (χ1) is 11.0. The molecule has 0 spiro atoms. The Balaban J connectivity index is 2.01. The number of rotatable bonds is 8. The van der Waals surface area contributed by atoms with Crippen LogP contribution in [0.15, 0.2) is 18.2 Å². The molecule has 0 aromatic heterocycles. The van der Waals surface area contributed by atoms with E-state index in [9.17, 15) is 9.59 Å². The molecule has 0 bridgehead atoms. The highest BCUT2D eigenvalue weighted by molar-refractivity contribution is 6.07. The monoisotopic (exact) mass is 317 g/mol. The topological polar surface area (TPSA) is 98.2 Å². The lowest BCUT2D eigenvalue weighted by Crippen LogP contribution is -2.22. The number of benzene rings is 1. The number of amides is 2. The smallest absolute Gasteiger partial charge is 0.234 e. The summed E-state index contributed by atoms with van der Waals surface area (Å²) in [4.78, 5) is 24.3. The van der Waals surface area contributed by atoms with Crippen LogP contribution in [0.1, 0.15) is 63.4 Å². The van der Waals surface area contributed by atoms with Gasteiger partial charge in [-0.15, -0.1) is 0 Å². The lowest BCUT2D eigenvalue weighted by atomic mass is 9.84. The zero-order valence-corrected chi connectivity index (χ0v) is 13.8. The summed E-state index contributed by atoms with van der Waals surface area (Å²) < 4.78 is 0. The highest BCUT2D eigenvalue weighted by Gasteiger charge is 2.42. The van der Waals surface area contributed by atoms with Gasteiger partial charge in [-0.3, -0.25) is 14.9 Å². The average Bonchev–Trinajstić information content (AvgIpc) is 2.75. The highest BCUT2D eigenvalue weighted by Crippen LogP contribution is 2.35. The van der Waals surface area contributed by atoms with Crippen LogP contribution in [0.3, 0.4) is 0 Å². The number of carbonyl (C=O) groups excluding carboxylic acids is 2. The van der Waals surface area contributed by atoms with E-state index in [0.717, 1.165) is 24.8 Å². The Kier molecular flexibility index (Phi) is 6.02. The Labute approximate surface area is 137 Å². The predicted octanol–water partition coefficient (Wildman–Crippen LogP) is 2.96. The molecule has 5 heteroatoms. The minimum atomic E-state index is -0.469. The largest absolute Gasteiger partial charge is 0.399 e. The van der Waals surface area contributed by atoms with E-state index in [1.165, 1.54) is 25.7 Å². The molecule has 2 rings (SSSR count). The van der Waals surface area contributed by atoms with E-state index < -0.39 is 5.92 Å². The molecule has 1 aromatic rings. The second kappa shape index (κ2) is 7.99. The van der Waals surface area contributed by atoms with E-state index in [-0.39, 0.29) is 17.7 Å². The molecular formula is C18H27N3O2. The summed E-state index contributed by atoms with van der Waals surface area (Å²) in [6.07, 6.45) is 7.69. The molecule has 0 saturated carbocycles. The molecular weight excluding hydrogens is 290 g/mol. The number of nitrogen functional groups attached to an aromatic ring is 2. The first kappa shape index (κ1) is 17.3. The summed E-state index contributed by atoms with van der Waals surface area (Å²) in [5, 5.41) is 2.46. The zero-order valence-electron chi connectivity index (χ0n) is 13.8. The van der Waals surface area contributed by atoms with Crippen molar-refractivity contribution in [3.8, 4) is 0 Å². The van der Waals surface area contributed by atoms with Crippen LogP contribution in [0.4, 0.5) is 11.4 Å². The first-order valence-corrected chi connectivity index (χ1v) is 8.53. The molecule has 5 N–H and O–H groups in total. The predicted molar refractivity (Wildman–Crippen MR) is 92.6 cm³/mol. The molecule has 1 heterocycles. The second-order valence-electron chi connectivity index (χ2n) is 6.43. The summed E-state index contributed by atoms with van der Waals surface area (Å²) in [6, 6.07) is 5.14. The quantitative estimate of drug-likeness (QED) is 0.390. The van der Waals surface area contributed by atoms with E-state index in [1.807, 2.05) is 0 Å². The van der Waals surface area contributed by atoms with Crippen LogP contribution in [0, 0.1) is 5.92 Å². The first-order valence-electron chi connectivity index (χ1n) is 8.53. The maximum atomic E-state index is 12.2. The SMILES string of the molecule is CCCCCCCCC1C(=O)NC(=O)C1c1cc(N)cc(N)c1. The van der Waals surface area contributed by atoms with Crippen molar-refractivity contribution >= 4 is 23.2 Å². The van der Waals surface area contributed by atoms with Crippen LogP contribution in [0.25, 0.3) is 0 Å². The molecule has 2 atom stereocenters. The number of nitrogens with one attached hydrogen (secondary N) is 1. The molecule has 1 saturated heterocycles. The second-order valence-corrected chi connectivity index (χ2v) is 6.43. The fraction of sp³-hybridized carbons (Fsp3) is 0.556. The van der Waals surface area contributed by atoms with Crippen molar-refractivity contribution in [1.82, 2.24) is 5.32 Å². The molecule has 0 aliphatic carbocycles. The van der Waals surface area contributed by atoms with E-state index in [2.05, 4.69) is 12.2 Å². The molecule has 1 aromatic carbocycles. The molecule has 2 unspecified atom stereocenters. The van der Waals surface area contributed by atoms with Gasteiger partial charge in [0.05, 0.1) is 11.8 Å². The van der Waals surface area contributed by atoms with Crippen LogP contribution in [0.2, 0.25) is 0 Å². The molecule has 23 heavy (non-hydrogen) atoms. The number of unbranched alkanes of at least 4 members (excludes halogenated alkanes) is 5. The van der Waals surface area contributed by atoms with E-state index >= 15 is 0 Å². The van der Waals surface area contributed by atoms with E-state index in [0.29, 0.717) is 11.4 Å². The Bertz CT molecular complexity index is 551. The number of carbonyl (C=O) groups is 2. The summed E-state index contributed by atoms with van der Waals surface area (Å²) >= 11 is 0. The van der Waals surface area contributed by atoms with Gasteiger partial charge in [-0.2, -0.15) is 0 Å². The van der Waals surface area contributed by atoms with Gasteiger partial charge in [0.2, 0.25) is 11.8 Å². The molecule has 0 radical (unpaired) electrons. The minimum absolute atomic E-state index is 0.172. The average molecular weight is 317 g/mol. The third-order valence-corrected chi connectivity index (χ3v) is 4.50. The molecule has 1 aliphatic rings. The van der Waals surface area contributed by atoms with Crippen molar-refractivity contribution in [2.45, 2.75) is 57.8 Å². The summed E-state index contributed by atoms with van der Waals surface area (Å²) in [6.45, 7) is 2.19. The number of anilines is 2. The molecule has 2 amide bonds. The summed E-state index contributed by atoms with van der Waals surface area (Å²) in [5.41, 5.74) is 13.4. The Morgan fingerprint density at radius 2 is 1.52 bits per heavy atom. The van der Waals surface area contributed by atoms with Gasteiger partial charge in [0.1, 0.15) is 0 Å². The highest BCUT2D eigenvalue weighted by atomic mass is 16.2. The van der Waals surface area contributed by atoms with Gasteiger partial charge in [0.15, 0.2) is 0 Å². The van der Waals surface area contributed by atoms with Crippen molar-refractivity contribution < 1.29 is 9.59 Å². The minimum Gasteiger partial charge on any atom is -0.399 e. The van der Waals surface area contributed by atoms with Crippen molar-refractivity contribution in [1.29, 1.82) is 0 Å². The maximum Gasteiger partial charge on any atom is 0.234 e. The fourth-order valence-corrected chi connectivity index (χ4v) is 3.33. The number of nitrogens with two attached hydrogens (primary N) is 2. The van der Waals surface area contributed by atoms with Crippen LogP contribution < -0.4 is 16.8 Å². The van der Waals surface area contributed by atoms with Crippen LogP contribution in [-0.4, -0.2) is 11.8 Å². The van der Waals surface area contributed by atoms with Crippen molar-refractivity contribution in [2.75, 3.05) is 11.5 Å². The molecule has 1 aliphatic heterocycles. The summed E-state index contributed by atoms with van der Waals surface area (Å²) in [5.74, 6) is -1.19. The van der Waals surface area contributed by atoms with Crippen molar-refractivity contribution in [2.24, 2.45) is 5.92 Å². The molecule has 126 valence electrons. The summed E-state index contributed by atoms with van der Waals surface area (Å²) in [7, 11) is 0. The number of hydrogen-bond donors (Lipinski definition) is 3. The maximum absolute atomic E-state index is 12.2. The standard InChI is InChI=1S/C18H27N3O2/c1-2-3-4-5-6-7-8-15-16(18(23)21-17(15)22)12-9-13(19)11-14(20)10-12/h9-11,15-16H,2-8,19-20H2,1H3,(H,21,22,23). The molecule has 1 fully saturated rings. The van der Waals surface area contributed by atoms with E-state index in [4.69, 9.17) is 11.5 Å². The molecule has 5 nitrogen and oxygen atoms in total. The number of imide groups is 1. The Morgan fingerprint density at radius 3 is 2.17 bits per heavy atom. The zero-order chi connectivity index (χ0) is 16.8. The van der Waals surface area contributed by atoms with Gasteiger partial charge in [0.25, 0.3) is 0 Å². The van der Waals surface area contributed by atoms with Crippen molar-refractivity contribution in [3.05, 3.63) is 23.8 Å². The van der Waals surface area contributed by atoms with Crippen molar-refractivity contribution in [3.63, 3.8) is 0 Å². The third kappa shape index (κ3) is 4.47. The third-order valence-electron chi connectivity index (χ3n) is 4.50. The van der Waals surface area contributed by atoms with Crippen LogP contribution in [-0.2, 0) is 9.59 Å². The normalized spacial score (nSPS) is 20.7. The van der Waals surface area contributed by atoms with Crippen LogP contribution in [0.5, 0.6) is 0 Å². The van der Waals surface area contributed by atoms with Gasteiger partial charge < -0.3 is 11.5 Å². The van der Waals surface area contributed by atoms with Gasteiger partial charge in [0, 0.05) is 11.4 Å². The Morgan fingerprint density at radius 1 is 0.913 bits per heavy atom. The lowest BCUT2D eigenvalue weighted by molar-refractivity contribution is -0.125. The van der Waals surface area contributed by atoms with Gasteiger partial charge in [-0.05, 0) is 30.2 Å². The number of hydrogen-bond acceptors (Lipinski definition) is 4. The lowest BCUT2D eigenvalue weighted by Gasteiger charge is -2.16.